The number of methoxy groups -OCH3 is 1. The lowest BCUT2D eigenvalue weighted by Crippen LogP contribution is -2.25. The molecule has 20 heavy (non-hydrogen) atoms. The summed E-state index contributed by atoms with van der Waals surface area (Å²) < 4.78 is 10.7. The topological polar surface area (TPSA) is 77.2 Å². The van der Waals surface area contributed by atoms with E-state index in [1.54, 1.807) is 19.2 Å². The van der Waals surface area contributed by atoms with Gasteiger partial charge in [-0.2, -0.15) is 0 Å². The number of ether oxygens (including phenoxy) is 1. The Labute approximate surface area is 116 Å². The van der Waals surface area contributed by atoms with Crippen molar-refractivity contribution in [2.75, 3.05) is 13.7 Å². The van der Waals surface area contributed by atoms with Crippen LogP contribution in [0.25, 0.3) is 11.5 Å². The van der Waals surface area contributed by atoms with Gasteiger partial charge in [-0.15, -0.1) is 16.6 Å². The van der Waals surface area contributed by atoms with E-state index >= 15 is 0 Å². The fraction of sp³-hybridized carbons (Fsp3) is 0.214. The average molecular weight is 271 g/mol. The Morgan fingerprint density at radius 2 is 2.25 bits per heavy atom. The molecule has 1 aromatic heterocycles. The molecule has 0 atom stereocenters. The highest BCUT2D eigenvalue weighted by Crippen LogP contribution is 2.28. The summed E-state index contributed by atoms with van der Waals surface area (Å²) in [6.07, 6.45) is 5.04. The second-order valence-electron chi connectivity index (χ2n) is 3.86. The molecule has 1 heterocycles. The second kappa shape index (κ2) is 6.38. The van der Waals surface area contributed by atoms with Gasteiger partial charge in [0.25, 0.3) is 5.89 Å². The predicted molar refractivity (Wildman–Crippen MR) is 71.8 cm³/mol. The molecule has 1 N–H and O–H groups in total. The van der Waals surface area contributed by atoms with Gasteiger partial charge in [0.2, 0.25) is 11.8 Å². The Morgan fingerprint density at radius 3 is 3.00 bits per heavy atom. The van der Waals surface area contributed by atoms with Crippen molar-refractivity contribution in [3.05, 3.63) is 30.2 Å². The summed E-state index contributed by atoms with van der Waals surface area (Å²) in [5.74, 6) is 3.20. The second-order valence-corrected chi connectivity index (χ2v) is 3.86. The number of rotatable bonds is 5. The van der Waals surface area contributed by atoms with E-state index in [9.17, 15) is 4.79 Å². The predicted octanol–water partition coefficient (Wildman–Crippen LogP) is 1.04. The van der Waals surface area contributed by atoms with Gasteiger partial charge in [0.15, 0.2) is 0 Å². The molecule has 1 amide bonds. The summed E-state index contributed by atoms with van der Waals surface area (Å²) in [4.78, 5) is 11.5. The van der Waals surface area contributed by atoms with E-state index in [4.69, 9.17) is 15.6 Å². The highest BCUT2D eigenvalue weighted by atomic mass is 16.5. The normalized spacial score (nSPS) is 9.80. The van der Waals surface area contributed by atoms with Crippen LogP contribution in [0.5, 0.6) is 5.75 Å². The summed E-state index contributed by atoms with van der Waals surface area (Å²) >= 11 is 0. The van der Waals surface area contributed by atoms with Crippen LogP contribution in [-0.4, -0.2) is 29.8 Å². The monoisotopic (exact) mass is 271 g/mol. The number of benzene rings is 1. The molecular formula is C14H13N3O3. The number of aromatic nitrogens is 2. The lowest BCUT2D eigenvalue weighted by atomic mass is 10.2. The number of terminal acetylenes is 1. The number of amides is 1. The van der Waals surface area contributed by atoms with Crippen molar-refractivity contribution in [2.24, 2.45) is 0 Å². The number of hydrogen-bond acceptors (Lipinski definition) is 5. The molecule has 6 nitrogen and oxygen atoms in total. The number of carbonyl (C=O) groups excluding carboxylic acids is 1. The SMILES string of the molecule is C#CCNC(=O)Cc1nnc(-c2ccccc2OC)o1. The molecule has 0 aliphatic carbocycles. The summed E-state index contributed by atoms with van der Waals surface area (Å²) in [6.45, 7) is 0.173. The summed E-state index contributed by atoms with van der Waals surface area (Å²) in [6, 6.07) is 7.27. The van der Waals surface area contributed by atoms with Crippen molar-refractivity contribution >= 4 is 5.91 Å². The van der Waals surface area contributed by atoms with Crippen LogP contribution >= 0.6 is 0 Å². The van der Waals surface area contributed by atoms with Gasteiger partial charge < -0.3 is 14.5 Å². The Balaban J connectivity index is 2.13. The summed E-state index contributed by atoms with van der Waals surface area (Å²) in [5.41, 5.74) is 0.679. The first kappa shape index (κ1) is 13.6. The first-order valence-electron chi connectivity index (χ1n) is 5.90. The summed E-state index contributed by atoms with van der Waals surface area (Å²) in [5, 5.41) is 10.3. The molecule has 6 heteroatoms. The molecule has 0 saturated heterocycles. The van der Waals surface area contributed by atoms with E-state index in [0.717, 1.165) is 0 Å². The number of nitrogens with zero attached hydrogens (tertiary/aromatic N) is 2. The van der Waals surface area contributed by atoms with Crippen LogP contribution in [0.1, 0.15) is 5.89 Å². The van der Waals surface area contributed by atoms with E-state index in [-0.39, 0.29) is 24.8 Å². The van der Waals surface area contributed by atoms with Crippen LogP contribution in [0.15, 0.2) is 28.7 Å². The molecule has 0 unspecified atom stereocenters. The van der Waals surface area contributed by atoms with Gasteiger partial charge in [0.1, 0.15) is 12.2 Å². The van der Waals surface area contributed by atoms with Crippen molar-refractivity contribution in [1.29, 1.82) is 0 Å². The zero-order chi connectivity index (χ0) is 14.4. The third kappa shape index (κ3) is 3.14. The molecule has 0 spiro atoms. The van der Waals surface area contributed by atoms with Gasteiger partial charge in [0, 0.05) is 0 Å². The van der Waals surface area contributed by atoms with Gasteiger partial charge in [-0.25, -0.2) is 0 Å². The molecule has 0 aliphatic rings. The molecule has 0 radical (unpaired) electrons. The fourth-order valence-corrected chi connectivity index (χ4v) is 1.60. The van der Waals surface area contributed by atoms with Crippen LogP contribution in [0.3, 0.4) is 0 Å². The first-order valence-corrected chi connectivity index (χ1v) is 5.90. The smallest absolute Gasteiger partial charge is 0.251 e. The quantitative estimate of drug-likeness (QED) is 0.822. The molecule has 1 aromatic carbocycles. The molecule has 0 bridgehead atoms. The highest BCUT2D eigenvalue weighted by Gasteiger charge is 2.14. The zero-order valence-corrected chi connectivity index (χ0v) is 10.9. The third-order valence-corrected chi connectivity index (χ3v) is 2.50. The fourth-order valence-electron chi connectivity index (χ4n) is 1.60. The molecule has 2 aromatic rings. The highest BCUT2D eigenvalue weighted by molar-refractivity contribution is 5.77. The van der Waals surface area contributed by atoms with Crippen LogP contribution in [0.4, 0.5) is 0 Å². The molecule has 2 rings (SSSR count). The van der Waals surface area contributed by atoms with E-state index in [2.05, 4.69) is 21.4 Å². The van der Waals surface area contributed by atoms with Gasteiger partial charge >= 0.3 is 0 Å². The zero-order valence-electron chi connectivity index (χ0n) is 10.9. The van der Waals surface area contributed by atoms with E-state index in [0.29, 0.717) is 17.2 Å². The molecule has 102 valence electrons. The van der Waals surface area contributed by atoms with Gasteiger partial charge in [-0.3, -0.25) is 4.79 Å². The third-order valence-electron chi connectivity index (χ3n) is 2.50. The van der Waals surface area contributed by atoms with Crippen LogP contribution in [-0.2, 0) is 11.2 Å². The number of para-hydroxylation sites is 1. The first-order chi connectivity index (χ1) is 9.74. The Morgan fingerprint density at radius 1 is 1.45 bits per heavy atom. The summed E-state index contributed by atoms with van der Waals surface area (Å²) in [7, 11) is 1.56. The Kier molecular flexibility index (Phi) is 4.35. The van der Waals surface area contributed by atoms with E-state index in [1.807, 2.05) is 12.1 Å². The largest absolute Gasteiger partial charge is 0.496 e. The minimum atomic E-state index is -0.266. The standard InChI is InChI=1S/C14H13N3O3/c1-3-8-15-12(18)9-13-16-17-14(20-13)10-6-4-5-7-11(10)19-2/h1,4-7H,8-9H2,2H3,(H,15,18). The van der Waals surface area contributed by atoms with Gasteiger partial charge in [0.05, 0.1) is 19.2 Å². The van der Waals surface area contributed by atoms with Crippen molar-refractivity contribution in [1.82, 2.24) is 15.5 Å². The minimum absolute atomic E-state index is 0.0101. The van der Waals surface area contributed by atoms with E-state index < -0.39 is 0 Å². The van der Waals surface area contributed by atoms with Crippen LogP contribution < -0.4 is 10.1 Å². The molecular weight excluding hydrogens is 258 g/mol. The molecule has 0 aliphatic heterocycles. The minimum Gasteiger partial charge on any atom is -0.496 e. The van der Waals surface area contributed by atoms with Crippen molar-refractivity contribution < 1.29 is 13.9 Å². The van der Waals surface area contributed by atoms with Crippen LogP contribution in [0.2, 0.25) is 0 Å². The van der Waals surface area contributed by atoms with Crippen molar-refractivity contribution in [3.8, 4) is 29.5 Å². The van der Waals surface area contributed by atoms with Gasteiger partial charge in [-0.1, -0.05) is 18.1 Å². The van der Waals surface area contributed by atoms with Crippen LogP contribution in [0, 0.1) is 12.3 Å². The Bertz CT molecular complexity index is 643. The van der Waals surface area contributed by atoms with Gasteiger partial charge in [-0.05, 0) is 12.1 Å². The lowest BCUT2D eigenvalue weighted by Gasteiger charge is -2.03. The lowest BCUT2D eigenvalue weighted by molar-refractivity contribution is -0.120. The van der Waals surface area contributed by atoms with E-state index in [1.165, 1.54) is 0 Å². The number of hydrogen-bond donors (Lipinski definition) is 1. The number of nitrogens with one attached hydrogen (secondary N) is 1. The maximum atomic E-state index is 11.5. The maximum absolute atomic E-state index is 11.5. The van der Waals surface area contributed by atoms with Crippen molar-refractivity contribution in [2.45, 2.75) is 6.42 Å². The average Bonchev–Trinajstić information content (AvgIpc) is 2.93. The number of carbonyl (C=O) groups is 1. The molecule has 0 saturated carbocycles. The molecule has 0 fully saturated rings. The maximum Gasteiger partial charge on any atom is 0.251 e. The Hall–Kier alpha value is -2.81. The van der Waals surface area contributed by atoms with Crippen molar-refractivity contribution in [3.63, 3.8) is 0 Å².